The Kier molecular flexibility index (Phi) is 3.81. The summed E-state index contributed by atoms with van der Waals surface area (Å²) in [5.74, 6) is 0.371. The van der Waals surface area contributed by atoms with Crippen molar-refractivity contribution in [1.82, 2.24) is 9.55 Å². The van der Waals surface area contributed by atoms with Gasteiger partial charge in [0, 0.05) is 23.9 Å². The summed E-state index contributed by atoms with van der Waals surface area (Å²) in [7, 11) is 1.71. The fraction of sp³-hybridized carbons (Fsp3) is 0.231. The minimum Gasteiger partial charge on any atom is -0.359 e. The van der Waals surface area contributed by atoms with Gasteiger partial charge in [-0.25, -0.2) is 4.98 Å². The van der Waals surface area contributed by atoms with Gasteiger partial charge in [-0.1, -0.05) is 28.1 Å². The van der Waals surface area contributed by atoms with Gasteiger partial charge in [-0.3, -0.25) is 4.79 Å². The number of rotatable bonds is 3. The summed E-state index contributed by atoms with van der Waals surface area (Å²) >= 11 is 3.40. The number of aromatic nitrogens is 2. The third-order valence-electron chi connectivity index (χ3n) is 2.74. The molecule has 0 aliphatic rings. The van der Waals surface area contributed by atoms with E-state index in [-0.39, 0.29) is 11.6 Å². The first kappa shape index (κ1) is 12.8. The van der Waals surface area contributed by atoms with Crippen molar-refractivity contribution in [3.8, 4) is 0 Å². The predicted octanol–water partition coefficient (Wildman–Crippen LogP) is 2.72. The highest BCUT2D eigenvalue weighted by molar-refractivity contribution is 9.10. The molecule has 94 valence electrons. The van der Waals surface area contributed by atoms with Crippen LogP contribution in [0.3, 0.4) is 0 Å². The monoisotopic (exact) mass is 307 g/mol. The van der Waals surface area contributed by atoms with Crippen LogP contribution in [0.5, 0.6) is 0 Å². The first-order valence-electron chi connectivity index (χ1n) is 5.61. The molecule has 1 atom stereocenters. The molecule has 0 amide bonds. The van der Waals surface area contributed by atoms with E-state index in [0.717, 1.165) is 10.0 Å². The van der Waals surface area contributed by atoms with Crippen molar-refractivity contribution < 1.29 is 0 Å². The lowest BCUT2D eigenvalue weighted by Crippen LogP contribution is -2.23. The Hall–Kier alpha value is -1.62. The molecule has 1 aromatic heterocycles. The largest absolute Gasteiger partial charge is 0.359 e. The molecular weight excluding hydrogens is 294 g/mol. The predicted molar refractivity (Wildman–Crippen MR) is 75.7 cm³/mol. The highest BCUT2D eigenvalue weighted by atomic mass is 79.9. The van der Waals surface area contributed by atoms with Gasteiger partial charge in [0.1, 0.15) is 0 Å². The van der Waals surface area contributed by atoms with Crippen LogP contribution in [0.4, 0.5) is 5.82 Å². The zero-order valence-corrected chi connectivity index (χ0v) is 11.8. The molecule has 0 saturated heterocycles. The van der Waals surface area contributed by atoms with Gasteiger partial charge in [0.15, 0.2) is 5.82 Å². The zero-order valence-electron chi connectivity index (χ0n) is 10.2. The van der Waals surface area contributed by atoms with E-state index in [1.807, 2.05) is 31.2 Å². The number of aryl methyl sites for hydroxylation is 1. The Morgan fingerprint density at radius 2 is 2.00 bits per heavy atom. The lowest BCUT2D eigenvalue weighted by Gasteiger charge is -2.14. The minimum absolute atomic E-state index is 0.0284. The van der Waals surface area contributed by atoms with Crippen LogP contribution in [-0.4, -0.2) is 9.55 Å². The molecule has 1 aromatic carbocycles. The average molecular weight is 308 g/mol. The Bertz CT molecular complexity index is 592. The molecule has 5 heteroatoms. The summed E-state index contributed by atoms with van der Waals surface area (Å²) < 4.78 is 2.54. The van der Waals surface area contributed by atoms with E-state index in [1.54, 1.807) is 19.4 Å². The zero-order chi connectivity index (χ0) is 13.1. The molecule has 0 spiro atoms. The number of nitrogens with zero attached hydrogens (tertiary/aromatic N) is 2. The van der Waals surface area contributed by atoms with Crippen molar-refractivity contribution in [3.05, 3.63) is 57.0 Å². The van der Waals surface area contributed by atoms with Crippen LogP contribution in [0.25, 0.3) is 0 Å². The van der Waals surface area contributed by atoms with Crippen molar-refractivity contribution in [2.24, 2.45) is 7.05 Å². The number of hydrogen-bond donors (Lipinski definition) is 1. The van der Waals surface area contributed by atoms with Gasteiger partial charge >= 0.3 is 0 Å². The van der Waals surface area contributed by atoms with Gasteiger partial charge in [-0.15, -0.1) is 0 Å². The van der Waals surface area contributed by atoms with E-state index in [0.29, 0.717) is 5.82 Å². The highest BCUT2D eigenvalue weighted by Gasteiger charge is 2.09. The van der Waals surface area contributed by atoms with Gasteiger partial charge in [-0.2, -0.15) is 0 Å². The van der Waals surface area contributed by atoms with E-state index >= 15 is 0 Å². The fourth-order valence-electron chi connectivity index (χ4n) is 1.64. The topological polar surface area (TPSA) is 46.9 Å². The van der Waals surface area contributed by atoms with Crippen molar-refractivity contribution in [2.45, 2.75) is 13.0 Å². The Balaban J connectivity index is 2.21. The smallest absolute Gasteiger partial charge is 0.293 e. The van der Waals surface area contributed by atoms with Crippen molar-refractivity contribution in [1.29, 1.82) is 0 Å². The molecule has 18 heavy (non-hydrogen) atoms. The molecule has 1 heterocycles. The van der Waals surface area contributed by atoms with Gasteiger partial charge in [-0.05, 0) is 24.6 Å². The number of benzene rings is 1. The normalized spacial score (nSPS) is 12.2. The van der Waals surface area contributed by atoms with E-state index in [1.165, 1.54) is 4.57 Å². The maximum absolute atomic E-state index is 11.8. The first-order chi connectivity index (χ1) is 8.58. The van der Waals surface area contributed by atoms with Crippen LogP contribution in [0.1, 0.15) is 18.5 Å². The molecule has 0 radical (unpaired) electrons. The standard InChI is InChI=1S/C13H14BrN3O/c1-9(10-3-5-11(14)6-4-10)16-12-13(18)17(2)8-7-15-12/h3-9H,1-2H3,(H,15,16). The van der Waals surface area contributed by atoms with Crippen LogP contribution >= 0.6 is 15.9 Å². The van der Waals surface area contributed by atoms with Crippen molar-refractivity contribution >= 4 is 21.7 Å². The maximum Gasteiger partial charge on any atom is 0.293 e. The SMILES string of the molecule is CC(Nc1nccn(C)c1=O)c1ccc(Br)cc1. The van der Waals surface area contributed by atoms with Crippen molar-refractivity contribution in [3.63, 3.8) is 0 Å². The molecule has 0 aliphatic carbocycles. The molecule has 2 rings (SSSR count). The number of nitrogens with one attached hydrogen (secondary N) is 1. The first-order valence-corrected chi connectivity index (χ1v) is 6.41. The van der Waals surface area contributed by atoms with Crippen LogP contribution in [0.15, 0.2) is 45.9 Å². The van der Waals surface area contributed by atoms with Gasteiger partial charge < -0.3 is 9.88 Å². The number of hydrogen-bond acceptors (Lipinski definition) is 3. The van der Waals surface area contributed by atoms with Gasteiger partial charge in [0.25, 0.3) is 5.56 Å². The minimum atomic E-state index is -0.124. The number of halogens is 1. The second kappa shape index (κ2) is 5.35. The fourth-order valence-corrected chi connectivity index (χ4v) is 1.90. The second-order valence-corrected chi connectivity index (χ2v) is 5.03. The maximum atomic E-state index is 11.8. The summed E-state index contributed by atoms with van der Waals surface area (Å²) in [5.41, 5.74) is 0.979. The molecule has 1 unspecified atom stereocenters. The Morgan fingerprint density at radius 1 is 1.33 bits per heavy atom. The van der Waals surface area contributed by atoms with Gasteiger partial charge in [0.2, 0.25) is 0 Å². The van der Waals surface area contributed by atoms with Crippen LogP contribution in [0, 0.1) is 0 Å². The average Bonchev–Trinajstić information content (AvgIpc) is 2.36. The van der Waals surface area contributed by atoms with E-state index in [2.05, 4.69) is 26.2 Å². The lowest BCUT2D eigenvalue weighted by atomic mass is 10.1. The molecule has 0 saturated carbocycles. The quantitative estimate of drug-likeness (QED) is 0.948. The molecule has 2 aromatic rings. The Labute approximate surface area is 114 Å². The Morgan fingerprint density at radius 3 is 2.67 bits per heavy atom. The molecule has 4 nitrogen and oxygen atoms in total. The summed E-state index contributed by atoms with van der Waals surface area (Å²) in [6.07, 6.45) is 3.25. The summed E-state index contributed by atoms with van der Waals surface area (Å²) in [4.78, 5) is 15.9. The highest BCUT2D eigenvalue weighted by Crippen LogP contribution is 2.18. The summed E-state index contributed by atoms with van der Waals surface area (Å²) in [6.45, 7) is 2.00. The third-order valence-corrected chi connectivity index (χ3v) is 3.27. The molecule has 0 bridgehead atoms. The molecule has 0 aliphatic heterocycles. The molecule has 1 N–H and O–H groups in total. The van der Waals surface area contributed by atoms with Crippen LogP contribution < -0.4 is 10.9 Å². The third kappa shape index (κ3) is 2.79. The molecule has 0 fully saturated rings. The van der Waals surface area contributed by atoms with E-state index < -0.39 is 0 Å². The summed E-state index contributed by atoms with van der Waals surface area (Å²) in [5, 5.41) is 3.13. The second-order valence-electron chi connectivity index (χ2n) is 4.11. The lowest BCUT2D eigenvalue weighted by molar-refractivity contribution is 0.813. The van der Waals surface area contributed by atoms with Crippen LogP contribution in [0.2, 0.25) is 0 Å². The van der Waals surface area contributed by atoms with E-state index in [9.17, 15) is 4.79 Å². The molecular formula is C13H14BrN3O. The van der Waals surface area contributed by atoms with Crippen molar-refractivity contribution in [2.75, 3.05) is 5.32 Å². The van der Waals surface area contributed by atoms with E-state index in [4.69, 9.17) is 0 Å². The number of anilines is 1. The van der Waals surface area contributed by atoms with Gasteiger partial charge in [0.05, 0.1) is 6.04 Å². The summed E-state index contributed by atoms with van der Waals surface area (Å²) in [6, 6.07) is 8.00. The van der Waals surface area contributed by atoms with Crippen LogP contribution in [-0.2, 0) is 7.05 Å².